The van der Waals surface area contributed by atoms with E-state index in [0.717, 1.165) is 0 Å². The van der Waals surface area contributed by atoms with E-state index in [1.54, 1.807) is 0 Å². The summed E-state index contributed by atoms with van der Waals surface area (Å²) in [7, 11) is 0. The van der Waals surface area contributed by atoms with Gasteiger partial charge in [0.2, 0.25) is 0 Å². The van der Waals surface area contributed by atoms with Gasteiger partial charge in [0.25, 0.3) is 0 Å². The molecule has 0 saturated carbocycles. The van der Waals surface area contributed by atoms with Crippen LogP contribution in [0, 0.1) is 10.1 Å². The average Bonchev–Trinajstić information content (AvgIpc) is 1.87. The van der Waals surface area contributed by atoms with Crippen molar-refractivity contribution in [2.24, 2.45) is 0 Å². The van der Waals surface area contributed by atoms with Gasteiger partial charge in [-0.25, -0.2) is 4.79 Å². The molecule has 0 N–H and O–H groups in total. The Kier molecular flexibility index (Phi) is 3.30. The first-order chi connectivity index (χ1) is 4.59. The highest BCUT2D eigenvalue weighted by Gasteiger charge is 2.29. The maximum Gasteiger partial charge on any atom is 0.445 e. The monoisotopic (exact) mass is 151 g/mol. The van der Waals surface area contributed by atoms with Crippen LogP contribution in [0.2, 0.25) is 0 Å². The lowest BCUT2D eigenvalue weighted by Gasteiger charge is -1.98. The second-order valence-electron chi connectivity index (χ2n) is 1.37. The van der Waals surface area contributed by atoms with Crippen molar-refractivity contribution in [1.29, 1.82) is 0 Å². The number of hydrogen-bond acceptors (Lipinski definition) is 4. The van der Waals surface area contributed by atoms with E-state index < -0.39 is 17.2 Å². The molecular formula is C4H6FNO4. The number of alkyl halides is 1. The van der Waals surface area contributed by atoms with Crippen molar-refractivity contribution in [3.8, 4) is 0 Å². The van der Waals surface area contributed by atoms with Crippen LogP contribution in [0.25, 0.3) is 0 Å². The molecule has 0 aliphatic heterocycles. The van der Waals surface area contributed by atoms with E-state index in [0.29, 0.717) is 0 Å². The van der Waals surface area contributed by atoms with Crippen molar-refractivity contribution >= 4 is 5.97 Å². The summed E-state index contributed by atoms with van der Waals surface area (Å²) in [4.78, 5) is 18.3. The third-order valence-corrected chi connectivity index (χ3v) is 0.666. The van der Waals surface area contributed by atoms with E-state index in [1.165, 1.54) is 6.92 Å². The fourth-order valence-corrected chi connectivity index (χ4v) is 0.297. The van der Waals surface area contributed by atoms with Gasteiger partial charge in [-0.15, -0.1) is 0 Å². The van der Waals surface area contributed by atoms with E-state index in [-0.39, 0.29) is 6.61 Å². The average molecular weight is 151 g/mol. The Labute approximate surface area is 55.9 Å². The summed E-state index contributed by atoms with van der Waals surface area (Å²) in [6, 6.07) is 0. The predicted octanol–water partition coefficient (Wildman–Crippen LogP) is 0.122. The minimum atomic E-state index is -2.75. The number of nitrogens with zero attached hydrogens (tertiary/aromatic N) is 1. The molecule has 0 aromatic carbocycles. The molecule has 0 saturated heterocycles. The summed E-state index contributed by atoms with van der Waals surface area (Å²) >= 11 is 0. The topological polar surface area (TPSA) is 69.4 Å². The third-order valence-electron chi connectivity index (χ3n) is 0.666. The summed E-state index contributed by atoms with van der Waals surface area (Å²) in [5.74, 6) is -1.45. The van der Waals surface area contributed by atoms with Crippen molar-refractivity contribution in [3.05, 3.63) is 10.1 Å². The first-order valence-corrected chi connectivity index (χ1v) is 2.53. The van der Waals surface area contributed by atoms with Crippen LogP contribution in [0.5, 0.6) is 0 Å². The molecule has 0 radical (unpaired) electrons. The van der Waals surface area contributed by atoms with E-state index in [4.69, 9.17) is 0 Å². The van der Waals surface area contributed by atoms with Gasteiger partial charge in [0.1, 0.15) is 0 Å². The van der Waals surface area contributed by atoms with E-state index in [9.17, 15) is 19.3 Å². The normalized spacial score (nSPS) is 12.2. The Morgan fingerprint density at radius 1 is 1.90 bits per heavy atom. The first kappa shape index (κ1) is 8.80. The summed E-state index contributed by atoms with van der Waals surface area (Å²) in [5, 5.41) is 9.55. The van der Waals surface area contributed by atoms with Crippen LogP contribution in [0.15, 0.2) is 0 Å². The lowest BCUT2D eigenvalue weighted by atomic mass is 10.6. The Morgan fingerprint density at radius 2 is 2.40 bits per heavy atom. The van der Waals surface area contributed by atoms with Gasteiger partial charge in [0.15, 0.2) is 0 Å². The van der Waals surface area contributed by atoms with Gasteiger partial charge in [0, 0.05) is 0 Å². The van der Waals surface area contributed by atoms with E-state index in [1.807, 2.05) is 0 Å². The SMILES string of the molecule is CCOC(=O)[C@@H](F)[N+](=O)[O-]. The van der Waals surface area contributed by atoms with Crippen molar-refractivity contribution < 1.29 is 18.8 Å². The molecule has 0 rings (SSSR count). The molecule has 0 amide bonds. The minimum absolute atomic E-state index is 0.0624. The summed E-state index contributed by atoms with van der Waals surface area (Å²) in [5.41, 5.74) is 0. The van der Waals surface area contributed by atoms with Gasteiger partial charge >= 0.3 is 12.3 Å². The Hall–Kier alpha value is -1.20. The fraction of sp³-hybridized carbons (Fsp3) is 0.750. The highest BCUT2D eigenvalue weighted by Crippen LogP contribution is 1.94. The van der Waals surface area contributed by atoms with Gasteiger partial charge in [-0.3, -0.25) is 10.1 Å². The van der Waals surface area contributed by atoms with Crippen LogP contribution in [0.4, 0.5) is 4.39 Å². The lowest BCUT2D eigenvalue weighted by molar-refractivity contribution is -0.539. The number of carbonyl (C=O) groups is 1. The molecule has 1 atom stereocenters. The Balaban J connectivity index is 3.82. The Bertz CT molecular complexity index is 148. The summed E-state index contributed by atoms with van der Waals surface area (Å²) in [6.45, 7) is 1.37. The molecule has 0 aliphatic carbocycles. The van der Waals surface area contributed by atoms with Crippen LogP contribution >= 0.6 is 0 Å². The van der Waals surface area contributed by atoms with Crippen molar-refractivity contribution in [2.45, 2.75) is 13.2 Å². The summed E-state index contributed by atoms with van der Waals surface area (Å²) in [6.07, 6.45) is -2.75. The van der Waals surface area contributed by atoms with E-state index >= 15 is 0 Å². The molecular weight excluding hydrogens is 145 g/mol. The maximum atomic E-state index is 11.9. The molecule has 0 unspecified atom stereocenters. The lowest BCUT2D eigenvalue weighted by Crippen LogP contribution is -2.26. The molecule has 5 nitrogen and oxygen atoms in total. The van der Waals surface area contributed by atoms with Crippen molar-refractivity contribution in [1.82, 2.24) is 0 Å². The van der Waals surface area contributed by atoms with Gasteiger partial charge in [-0.2, -0.15) is 4.39 Å². The third kappa shape index (κ3) is 2.38. The van der Waals surface area contributed by atoms with Crippen molar-refractivity contribution in [2.75, 3.05) is 6.61 Å². The molecule has 0 bridgehead atoms. The highest BCUT2D eigenvalue weighted by atomic mass is 19.1. The van der Waals surface area contributed by atoms with E-state index in [2.05, 4.69) is 4.74 Å². The van der Waals surface area contributed by atoms with Crippen LogP contribution in [0.1, 0.15) is 6.92 Å². The highest BCUT2D eigenvalue weighted by molar-refractivity contribution is 5.72. The first-order valence-electron chi connectivity index (χ1n) is 2.53. The van der Waals surface area contributed by atoms with Crippen LogP contribution in [-0.4, -0.2) is 23.8 Å². The second-order valence-corrected chi connectivity index (χ2v) is 1.37. The van der Waals surface area contributed by atoms with Gasteiger partial charge in [-0.05, 0) is 6.92 Å². The summed E-state index contributed by atoms with van der Waals surface area (Å²) < 4.78 is 15.9. The molecule has 0 aliphatic rings. The second kappa shape index (κ2) is 3.76. The fourth-order valence-electron chi connectivity index (χ4n) is 0.297. The number of nitro groups is 1. The number of hydrogen-bond donors (Lipinski definition) is 0. The molecule has 0 spiro atoms. The van der Waals surface area contributed by atoms with Crippen LogP contribution in [-0.2, 0) is 9.53 Å². The maximum absolute atomic E-state index is 11.9. The number of halogens is 1. The largest absolute Gasteiger partial charge is 0.459 e. The molecule has 0 aromatic heterocycles. The zero-order valence-electron chi connectivity index (χ0n) is 5.24. The zero-order chi connectivity index (χ0) is 8.15. The van der Waals surface area contributed by atoms with Crippen molar-refractivity contribution in [3.63, 3.8) is 0 Å². The molecule has 0 heterocycles. The quantitative estimate of drug-likeness (QED) is 0.248. The minimum Gasteiger partial charge on any atom is -0.459 e. The van der Waals surface area contributed by atoms with Crippen LogP contribution in [0.3, 0.4) is 0 Å². The number of ether oxygens (including phenoxy) is 1. The van der Waals surface area contributed by atoms with Gasteiger partial charge in [-0.1, -0.05) is 0 Å². The number of rotatable bonds is 3. The van der Waals surface area contributed by atoms with Crippen LogP contribution < -0.4 is 0 Å². The Morgan fingerprint density at radius 3 is 2.70 bits per heavy atom. The molecule has 0 fully saturated rings. The smallest absolute Gasteiger partial charge is 0.445 e. The standard InChI is InChI=1S/C4H6FNO4/c1-2-10-4(7)3(5)6(8)9/h3H,2H2,1H3/t3-/m0/s1. The number of esters is 1. The molecule has 0 aromatic rings. The zero-order valence-corrected chi connectivity index (χ0v) is 5.24. The number of carbonyl (C=O) groups excluding carboxylic acids is 1. The predicted molar refractivity (Wildman–Crippen MR) is 28.5 cm³/mol. The van der Waals surface area contributed by atoms with Gasteiger partial charge < -0.3 is 4.74 Å². The molecule has 58 valence electrons. The molecule has 10 heavy (non-hydrogen) atoms. The molecule has 6 heteroatoms. The van der Waals surface area contributed by atoms with Gasteiger partial charge in [0.05, 0.1) is 11.5 Å².